The number of urea groups is 1. The van der Waals surface area contributed by atoms with Crippen LogP contribution in [0.4, 0.5) is 19.3 Å². The Labute approximate surface area is 109 Å². The first-order chi connectivity index (χ1) is 9.01. The van der Waals surface area contributed by atoms with E-state index in [0.29, 0.717) is 6.42 Å². The third-order valence-electron chi connectivity index (χ3n) is 2.54. The lowest BCUT2D eigenvalue weighted by molar-refractivity contribution is 0.222. The van der Waals surface area contributed by atoms with E-state index in [1.807, 2.05) is 0 Å². The third-order valence-corrected chi connectivity index (χ3v) is 2.54. The standard InChI is InChI=1S/C12H16F2N2O3/c1-3-7(6-17)15-12(18)16-10-4-9(14)11(19-2)5-8(10)13/h4-5,7,17H,3,6H2,1-2H3,(H2,15,16,18). The third kappa shape index (κ3) is 4.06. The Kier molecular flexibility index (Phi) is 5.50. The van der Waals surface area contributed by atoms with Gasteiger partial charge in [-0.15, -0.1) is 0 Å². The predicted molar refractivity (Wildman–Crippen MR) is 66.2 cm³/mol. The lowest BCUT2D eigenvalue weighted by Crippen LogP contribution is -2.39. The fraction of sp³-hybridized carbons (Fsp3) is 0.417. The molecular formula is C12H16F2N2O3. The van der Waals surface area contributed by atoms with Gasteiger partial charge in [0.2, 0.25) is 0 Å². The predicted octanol–water partition coefficient (Wildman–Crippen LogP) is 1.87. The van der Waals surface area contributed by atoms with Crippen LogP contribution in [0.5, 0.6) is 5.75 Å². The highest BCUT2D eigenvalue weighted by Crippen LogP contribution is 2.24. The number of hydrogen-bond acceptors (Lipinski definition) is 3. The Morgan fingerprint density at radius 1 is 1.42 bits per heavy atom. The van der Waals surface area contributed by atoms with Crippen LogP contribution in [-0.4, -0.2) is 30.9 Å². The largest absolute Gasteiger partial charge is 0.494 e. The zero-order valence-corrected chi connectivity index (χ0v) is 10.7. The Bertz CT molecular complexity index is 451. The Morgan fingerprint density at radius 2 is 2.11 bits per heavy atom. The first-order valence-electron chi connectivity index (χ1n) is 5.73. The van der Waals surface area contributed by atoms with Crippen LogP contribution in [0.15, 0.2) is 12.1 Å². The summed E-state index contributed by atoms with van der Waals surface area (Å²) in [6, 6.07) is 0.512. The first-order valence-corrected chi connectivity index (χ1v) is 5.73. The van der Waals surface area contributed by atoms with Gasteiger partial charge >= 0.3 is 6.03 Å². The van der Waals surface area contributed by atoms with Crippen molar-refractivity contribution in [2.24, 2.45) is 0 Å². The number of amides is 2. The second-order valence-corrected chi connectivity index (χ2v) is 3.85. The highest BCUT2D eigenvalue weighted by molar-refractivity contribution is 5.89. The van der Waals surface area contributed by atoms with Crippen LogP contribution in [-0.2, 0) is 0 Å². The number of methoxy groups -OCH3 is 1. The van der Waals surface area contributed by atoms with Crippen molar-refractivity contribution in [2.75, 3.05) is 19.0 Å². The number of carbonyl (C=O) groups is 1. The minimum Gasteiger partial charge on any atom is -0.494 e. The molecule has 0 spiro atoms. The number of halogens is 2. The number of nitrogens with one attached hydrogen (secondary N) is 2. The summed E-state index contributed by atoms with van der Waals surface area (Å²) in [5.41, 5.74) is -0.302. The van der Waals surface area contributed by atoms with E-state index in [1.165, 1.54) is 7.11 Å². The van der Waals surface area contributed by atoms with E-state index in [0.717, 1.165) is 12.1 Å². The number of aliphatic hydroxyl groups excluding tert-OH is 1. The van der Waals surface area contributed by atoms with Gasteiger partial charge in [0, 0.05) is 12.1 Å². The summed E-state index contributed by atoms with van der Waals surface area (Å²) in [5, 5.41) is 13.5. The molecule has 0 saturated carbocycles. The molecule has 0 aliphatic carbocycles. The highest BCUT2D eigenvalue weighted by Gasteiger charge is 2.14. The monoisotopic (exact) mass is 274 g/mol. The second-order valence-electron chi connectivity index (χ2n) is 3.85. The van der Waals surface area contributed by atoms with Gasteiger partial charge in [-0.3, -0.25) is 0 Å². The molecule has 1 aromatic rings. The maximum atomic E-state index is 13.5. The number of hydrogen-bond donors (Lipinski definition) is 3. The van der Waals surface area contributed by atoms with E-state index in [9.17, 15) is 13.6 Å². The van der Waals surface area contributed by atoms with Crippen molar-refractivity contribution in [3.05, 3.63) is 23.8 Å². The molecule has 0 heterocycles. The molecule has 2 amide bonds. The van der Waals surface area contributed by atoms with Gasteiger partial charge in [-0.05, 0) is 6.42 Å². The zero-order chi connectivity index (χ0) is 14.4. The van der Waals surface area contributed by atoms with E-state index in [4.69, 9.17) is 5.11 Å². The summed E-state index contributed by atoms with van der Waals surface area (Å²) >= 11 is 0. The van der Waals surface area contributed by atoms with E-state index in [-0.39, 0.29) is 18.0 Å². The quantitative estimate of drug-likeness (QED) is 0.767. The van der Waals surface area contributed by atoms with Gasteiger partial charge in [0.25, 0.3) is 0 Å². The second kappa shape index (κ2) is 6.89. The number of ether oxygens (including phenoxy) is 1. The fourth-order valence-corrected chi connectivity index (χ4v) is 1.40. The van der Waals surface area contributed by atoms with Crippen molar-refractivity contribution in [2.45, 2.75) is 19.4 Å². The van der Waals surface area contributed by atoms with Crippen LogP contribution in [0.1, 0.15) is 13.3 Å². The van der Waals surface area contributed by atoms with Gasteiger partial charge in [0.1, 0.15) is 0 Å². The molecule has 0 fully saturated rings. The molecule has 5 nitrogen and oxygen atoms in total. The topological polar surface area (TPSA) is 70.6 Å². The number of rotatable bonds is 5. The van der Waals surface area contributed by atoms with Gasteiger partial charge in [-0.2, -0.15) is 0 Å². The Balaban J connectivity index is 2.77. The molecule has 0 aliphatic rings. The summed E-state index contributed by atoms with van der Waals surface area (Å²) in [6.07, 6.45) is 0.517. The zero-order valence-electron chi connectivity index (χ0n) is 10.7. The van der Waals surface area contributed by atoms with Crippen LogP contribution in [0.3, 0.4) is 0 Å². The molecule has 1 rings (SSSR count). The van der Waals surface area contributed by atoms with E-state index >= 15 is 0 Å². The van der Waals surface area contributed by atoms with Crippen molar-refractivity contribution in [3.8, 4) is 5.75 Å². The summed E-state index contributed by atoms with van der Waals surface area (Å²) in [7, 11) is 1.21. The van der Waals surface area contributed by atoms with Crippen molar-refractivity contribution in [1.29, 1.82) is 0 Å². The molecule has 3 N–H and O–H groups in total. The van der Waals surface area contributed by atoms with Crippen LogP contribution in [0.2, 0.25) is 0 Å². The van der Waals surface area contributed by atoms with Gasteiger partial charge in [-0.1, -0.05) is 6.92 Å². The van der Waals surface area contributed by atoms with Gasteiger partial charge in [0.05, 0.1) is 25.4 Å². The van der Waals surface area contributed by atoms with Gasteiger partial charge in [0.15, 0.2) is 17.4 Å². The fourth-order valence-electron chi connectivity index (χ4n) is 1.40. The number of carbonyl (C=O) groups excluding carboxylic acids is 1. The SMILES string of the molecule is CCC(CO)NC(=O)Nc1cc(F)c(OC)cc1F. The molecule has 1 unspecified atom stereocenters. The number of aliphatic hydroxyl groups is 1. The molecule has 0 saturated heterocycles. The van der Waals surface area contributed by atoms with E-state index in [1.54, 1.807) is 6.92 Å². The van der Waals surface area contributed by atoms with Crippen molar-refractivity contribution < 1.29 is 23.4 Å². The summed E-state index contributed by atoms with van der Waals surface area (Å²) in [6.45, 7) is 1.54. The molecule has 0 aromatic heterocycles. The average Bonchev–Trinajstić information content (AvgIpc) is 2.39. The van der Waals surface area contributed by atoms with Crippen molar-refractivity contribution in [1.82, 2.24) is 5.32 Å². The summed E-state index contributed by atoms with van der Waals surface area (Å²) < 4.78 is 31.5. The van der Waals surface area contributed by atoms with E-state index < -0.39 is 23.7 Å². The molecule has 19 heavy (non-hydrogen) atoms. The minimum absolute atomic E-state index is 0.233. The molecule has 7 heteroatoms. The summed E-state index contributed by atoms with van der Waals surface area (Å²) in [5.74, 6) is -1.84. The molecule has 1 aromatic carbocycles. The van der Waals surface area contributed by atoms with E-state index in [2.05, 4.69) is 15.4 Å². The maximum absolute atomic E-state index is 13.5. The average molecular weight is 274 g/mol. The molecule has 1 atom stereocenters. The van der Waals surface area contributed by atoms with Crippen LogP contribution < -0.4 is 15.4 Å². The van der Waals surface area contributed by atoms with Crippen LogP contribution in [0.25, 0.3) is 0 Å². The maximum Gasteiger partial charge on any atom is 0.319 e. The highest BCUT2D eigenvalue weighted by atomic mass is 19.1. The van der Waals surface area contributed by atoms with Crippen LogP contribution >= 0.6 is 0 Å². The van der Waals surface area contributed by atoms with Crippen LogP contribution in [0, 0.1) is 11.6 Å². The number of benzene rings is 1. The Morgan fingerprint density at radius 3 is 2.63 bits per heavy atom. The molecule has 106 valence electrons. The molecular weight excluding hydrogens is 258 g/mol. The van der Waals surface area contributed by atoms with Crippen molar-refractivity contribution in [3.63, 3.8) is 0 Å². The first kappa shape index (κ1) is 15.2. The van der Waals surface area contributed by atoms with Gasteiger partial charge < -0.3 is 20.5 Å². The Hall–Kier alpha value is -1.89. The van der Waals surface area contributed by atoms with Crippen molar-refractivity contribution >= 4 is 11.7 Å². The van der Waals surface area contributed by atoms with Gasteiger partial charge in [-0.25, -0.2) is 13.6 Å². The molecule has 0 radical (unpaired) electrons. The lowest BCUT2D eigenvalue weighted by atomic mass is 10.2. The summed E-state index contributed by atoms with van der Waals surface area (Å²) in [4.78, 5) is 11.5. The molecule has 0 bridgehead atoms. The lowest BCUT2D eigenvalue weighted by Gasteiger charge is -2.15. The normalized spacial score (nSPS) is 11.8. The minimum atomic E-state index is -0.814. The molecule has 0 aliphatic heterocycles. The number of anilines is 1. The smallest absolute Gasteiger partial charge is 0.319 e.